The molecule has 1 aliphatic rings. The second-order valence-electron chi connectivity index (χ2n) is 6.13. The Morgan fingerprint density at radius 3 is 2.28 bits per heavy atom. The van der Waals surface area contributed by atoms with Gasteiger partial charge in [0.2, 0.25) is 0 Å². The van der Waals surface area contributed by atoms with Gasteiger partial charge >= 0.3 is 0 Å². The Morgan fingerprint density at radius 2 is 1.72 bits per heavy atom. The van der Waals surface area contributed by atoms with E-state index in [-0.39, 0.29) is 16.5 Å². The number of nitrogens with zero attached hydrogens (tertiary/aromatic N) is 1. The van der Waals surface area contributed by atoms with E-state index < -0.39 is 16.1 Å². The average Bonchev–Trinajstić information content (AvgIpc) is 2.52. The van der Waals surface area contributed by atoms with Crippen molar-refractivity contribution in [1.82, 2.24) is 4.31 Å². The topological polar surface area (TPSA) is 54.5 Å². The standard InChI is InChI=1S/C19H18FNO3S/c1-13-3-9-18(10-4-13)25(23,24)21-17(11-14(2)22)12-19(21)15-5-7-16(20)8-6-15/h3-11,19H,12H2,1-2H3/b17-11+. The molecule has 4 nitrogen and oxygen atoms in total. The first-order chi connectivity index (χ1) is 11.8. The number of halogens is 1. The summed E-state index contributed by atoms with van der Waals surface area (Å²) in [6.45, 7) is 3.26. The first-order valence-electron chi connectivity index (χ1n) is 7.87. The Balaban J connectivity index is 2.03. The summed E-state index contributed by atoms with van der Waals surface area (Å²) in [7, 11) is -3.80. The van der Waals surface area contributed by atoms with Crippen LogP contribution in [-0.4, -0.2) is 18.5 Å². The van der Waals surface area contributed by atoms with Crippen LogP contribution in [0.5, 0.6) is 0 Å². The first-order valence-corrected chi connectivity index (χ1v) is 9.31. The molecule has 1 fully saturated rings. The number of hydrogen-bond acceptors (Lipinski definition) is 3. The van der Waals surface area contributed by atoms with E-state index >= 15 is 0 Å². The van der Waals surface area contributed by atoms with E-state index in [1.165, 1.54) is 29.4 Å². The molecule has 0 aliphatic carbocycles. The highest BCUT2D eigenvalue weighted by Gasteiger charge is 2.42. The number of hydrogen-bond donors (Lipinski definition) is 0. The minimum absolute atomic E-state index is 0.166. The van der Waals surface area contributed by atoms with Gasteiger partial charge < -0.3 is 0 Å². The fraction of sp³-hybridized carbons (Fsp3) is 0.211. The van der Waals surface area contributed by atoms with Crippen molar-refractivity contribution in [1.29, 1.82) is 0 Å². The number of aryl methyl sites for hydroxylation is 1. The predicted octanol–water partition coefficient (Wildman–Crippen LogP) is 3.74. The monoisotopic (exact) mass is 359 g/mol. The van der Waals surface area contributed by atoms with E-state index in [1.807, 2.05) is 6.92 Å². The van der Waals surface area contributed by atoms with Gasteiger partial charge in [-0.15, -0.1) is 0 Å². The number of rotatable bonds is 4. The quantitative estimate of drug-likeness (QED) is 0.782. The van der Waals surface area contributed by atoms with Gasteiger partial charge in [0, 0.05) is 18.2 Å². The SMILES string of the molecule is CC(=O)/C=C1\CC(c2ccc(F)cc2)N1S(=O)(=O)c1ccc(C)cc1. The van der Waals surface area contributed by atoms with Crippen molar-refractivity contribution in [2.45, 2.75) is 31.2 Å². The Morgan fingerprint density at radius 1 is 1.12 bits per heavy atom. The third-order valence-corrected chi connectivity index (χ3v) is 6.05. The van der Waals surface area contributed by atoms with Crippen LogP contribution in [0, 0.1) is 12.7 Å². The fourth-order valence-electron chi connectivity index (χ4n) is 2.90. The minimum atomic E-state index is -3.80. The molecule has 1 saturated heterocycles. The van der Waals surface area contributed by atoms with Crippen LogP contribution in [0.2, 0.25) is 0 Å². The van der Waals surface area contributed by atoms with Crippen LogP contribution in [0.25, 0.3) is 0 Å². The molecule has 0 radical (unpaired) electrons. The second-order valence-corrected chi connectivity index (χ2v) is 7.95. The summed E-state index contributed by atoms with van der Waals surface area (Å²) in [5, 5.41) is 0. The molecule has 2 aromatic carbocycles. The zero-order valence-electron chi connectivity index (χ0n) is 13.9. The Labute approximate surface area is 146 Å². The third kappa shape index (κ3) is 3.35. The summed E-state index contributed by atoms with van der Waals surface area (Å²) in [5.41, 5.74) is 2.09. The van der Waals surface area contributed by atoms with Crippen LogP contribution in [0.15, 0.2) is 65.2 Å². The van der Waals surface area contributed by atoms with E-state index in [1.54, 1.807) is 36.4 Å². The van der Waals surface area contributed by atoms with Crippen molar-refractivity contribution >= 4 is 15.8 Å². The van der Waals surface area contributed by atoms with Crippen molar-refractivity contribution in [3.8, 4) is 0 Å². The summed E-state index contributed by atoms with van der Waals surface area (Å²) in [4.78, 5) is 11.6. The van der Waals surface area contributed by atoms with Gasteiger partial charge in [-0.2, -0.15) is 0 Å². The van der Waals surface area contributed by atoms with Gasteiger partial charge in [0.25, 0.3) is 10.0 Å². The summed E-state index contributed by atoms with van der Waals surface area (Å²) >= 11 is 0. The molecule has 0 amide bonds. The molecule has 0 spiro atoms. The van der Waals surface area contributed by atoms with Gasteiger partial charge in [0.1, 0.15) is 5.82 Å². The van der Waals surface area contributed by atoms with E-state index in [2.05, 4.69) is 0 Å². The van der Waals surface area contributed by atoms with Crippen LogP contribution in [0.3, 0.4) is 0 Å². The molecule has 1 atom stereocenters. The number of allylic oxidation sites excluding steroid dienone is 1. The second kappa shape index (κ2) is 6.44. The molecule has 2 aromatic rings. The Kier molecular flexibility index (Phi) is 4.47. The zero-order chi connectivity index (χ0) is 18.2. The summed E-state index contributed by atoms with van der Waals surface area (Å²) in [5.74, 6) is -0.591. The molecular formula is C19H18FNO3S. The van der Waals surface area contributed by atoms with Crippen LogP contribution >= 0.6 is 0 Å². The largest absolute Gasteiger partial charge is 0.295 e. The maximum absolute atomic E-state index is 13.2. The Hall–Kier alpha value is -2.47. The summed E-state index contributed by atoms with van der Waals surface area (Å²) < 4.78 is 40.6. The maximum atomic E-state index is 13.2. The number of carbonyl (C=O) groups excluding carboxylic acids is 1. The highest BCUT2D eigenvalue weighted by Crippen LogP contribution is 2.45. The third-order valence-electron chi connectivity index (χ3n) is 4.17. The molecule has 3 rings (SSSR count). The van der Waals surface area contributed by atoms with Crippen molar-refractivity contribution < 1.29 is 17.6 Å². The molecular weight excluding hydrogens is 341 g/mol. The minimum Gasteiger partial charge on any atom is -0.295 e. The van der Waals surface area contributed by atoms with Crippen LogP contribution in [0.4, 0.5) is 4.39 Å². The summed E-state index contributed by atoms with van der Waals surface area (Å²) in [6, 6.07) is 11.9. The number of carbonyl (C=O) groups is 1. The van der Waals surface area contributed by atoms with Crippen molar-refractivity contribution in [3.63, 3.8) is 0 Å². The molecule has 1 unspecified atom stereocenters. The highest BCUT2D eigenvalue weighted by molar-refractivity contribution is 7.89. The molecule has 130 valence electrons. The highest BCUT2D eigenvalue weighted by atomic mass is 32.2. The molecule has 0 aromatic heterocycles. The molecule has 0 saturated carbocycles. The lowest BCUT2D eigenvalue weighted by molar-refractivity contribution is -0.112. The number of benzene rings is 2. The maximum Gasteiger partial charge on any atom is 0.264 e. The van der Waals surface area contributed by atoms with Crippen molar-refractivity contribution in [2.75, 3.05) is 0 Å². The lowest BCUT2D eigenvalue weighted by atomic mass is 9.94. The molecule has 1 heterocycles. The smallest absolute Gasteiger partial charge is 0.264 e. The molecule has 25 heavy (non-hydrogen) atoms. The van der Waals surface area contributed by atoms with Crippen LogP contribution in [0.1, 0.15) is 30.5 Å². The summed E-state index contributed by atoms with van der Waals surface area (Å²) in [6.07, 6.45) is 1.75. The van der Waals surface area contributed by atoms with E-state index in [4.69, 9.17) is 0 Å². The molecule has 1 aliphatic heterocycles. The lowest BCUT2D eigenvalue weighted by Crippen LogP contribution is -2.43. The van der Waals surface area contributed by atoms with Gasteiger partial charge in [0.05, 0.1) is 10.9 Å². The normalized spacial score (nSPS) is 18.9. The zero-order valence-corrected chi connectivity index (χ0v) is 14.8. The molecule has 0 N–H and O–H groups in total. The van der Waals surface area contributed by atoms with Gasteiger partial charge in [-0.05, 0) is 43.7 Å². The first kappa shape index (κ1) is 17.4. The van der Waals surface area contributed by atoms with E-state index in [0.29, 0.717) is 17.7 Å². The van der Waals surface area contributed by atoms with Gasteiger partial charge in [-0.1, -0.05) is 29.8 Å². The predicted molar refractivity (Wildman–Crippen MR) is 92.7 cm³/mol. The van der Waals surface area contributed by atoms with Gasteiger partial charge in [-0.25, -0.2) is 12.8 Å². The van der Waals surface area contributed by atoms with Gasteiger partial charge in [0.15, 0.2) is 5.78 Å². The number of ketones is 1. The van der Waals surface area contributed by atoms with Crippen LogP contribution in [-0.2, 0) is 14.8 Å². The Bertz CT molecular complexity index is 932. The van der Waals surface area contributed by atoms with Crippen molar-refractivity contribution in [3.05, 3.63) is 77.2 Å². The average molecular weight is 359 g/mol. The van der Waals surface area contributed by atoms with Crippen molar-refractivity contribution in [2.24, 2.45) is 0 Å². The fourth-order valence-corrected chi connectivity index (χ4v) is 4.57. The van der Waals surface area contributed by atoms with E-state index in [0.717, 1.165) is 5.56 Å². The van der Waals surface area contributed by atoms with Gasteiger partial charge in [-0.3, -0.25) is 9.10 Å². The van der Waals surface area contributed by atoms with Crippen LogP contribution < -0.4 is 0 Å². The number of sulfonamides is 1. The lowest BCUT2D eigenvalue weighted by Gasteiger charge is -2.44. The molecule has 6 heteroatoms. The molecule has 0 bridgehead atoms. The van der Waals surface area contributed by atoms with E-state index in [9.17, 15) is 17.6 Å².